The molecule has 0 N–H and O–H groups in total. The van der Waals surface area contributed by atoms with Crippen LogP contribution >= 0.6 is 46.1 Å². The Hall–Kier alpha value is -2.40. The van der Waals surface area contributed by atoms with Gasteiger partial charge in [0, 0.05) is 22.7 Å². The first-order chi connectivity index (χ1) is 15.6. The van der Waals surface area contributed by atoms with Crippen LogP contribution in [-0.2, 0) is 13.1 Å². The molecule has 172 valence electrons. The summed E-state index contributed by atoms with van der Waals surface area (Å²) >= 11 is 19.4. The molecule has 0 saturated heterocycles. The smallest absolute Gasteiger partial charge is 0.275 e. The number of hydrogen-bond donors (Lipinski definition) is 0. The largest absolute Gasteiger partial charge is 0.390 e. The zero-order chi connectivity index (χ0) is 23.8. The van der Waals surface area contributed by atoms with E-state index in [1.165, 1.54) is 11.3 Å². The first-order valence-electron chi connectivity index (χ1n) is 9.39. The van der Waals surface area contributed by atoms with Crippen LogP contribution in [0.25, 0.3) is 22.0 Å². The second kappa shape index (κ2) is 9.46. The third-order valence-corrected chi connectivity index (χ3v) is 6.59. The van der Waals surface area contributed by atoms with Gasteiger partial charge in [0.15, 0.2) is 5.82 Å². The molecule has 6 nitrogen and oxygen atoms in total. The highest BCUT2D eigenvalue weighted by Crippen LogP contribution is 2.35. The van der Waals surface area contributed by atoms with Crippen LogP contribution in [0.2, 0.25) is 15.1 Å². The van der Waals surface area contributed by atoms with E-state index in [0.29, 0.717) is 36.2 Å². The Morgan fingerprint density at radius 1 is 1.00 bits per heavy atom. The van der Waals surface area contributed by atoms with Crippen molar-refractivity contribution in [1.29, 1.82) is 0 Å². The van der Waals surface area contributed by atoms with Gasteiger partial charge in [0.1, 0.15) is 16.6 Å². The van der Waals surface area contributed by atoms with Gasteiger partial charge in [-0.3, -0.25) is 4.57 Å². The minimum atomic E-state index is -4.43. The van der Waals surface area contributed by atoms with Crippen molar-refractivity contribution in [2.24, 2.45) is 0 Å². The molecule has 13 heteroatoms. The van der Waals surface area contributed by atoms with Gasteiger partial charge >= 0.3 is 11.9 Å². The van der Waals surface area contributed by atoms with E-state index in [2.05, 4.69) is 15.3 Å². The molecule has 0 aliphatic heterocycles. The minimum Gasteiger partial charge on any atom is -0.275 e. The molecule has 0 spiro atoms. The van der Waals surface area contributed by atoms with Crippen LogP contribution in [0.1, 0.15) is 11.4 Å². The highest BCUT2D eigenvalue weighted by atomic mass is 35.5. The van der Waals surface area contributed by atoms with Gasteiger partial charge in [0.25, 0.3) is 0 Å². The van der Waals surface area contributed by atoms with Gasteiger partial charge in [-0.15, -0.1) is 15.3 Å². The normalized spacial score (nSPS) is 11.8. The number of alkyl halides is 3. The van der Waals surface area contributed by atoms with Crippen LogP contribution in [0.15, 0.2) is 47.3 Å². The number of nitrogens with zero attached hydrogens (tertiary/aromatic N) is 5. The fourth-order valence-electron chi connectivity index (χ4n) is 3.02. The summed E-state index contributed by atoms with van der Waals surface area (Å²) in [6.07, 6.45) is -5.60. The van der Waals surface area contributed by atoms with E-state index in [1.54, 1.807) is 42.5 Å². The summed E-state index contributed by atoms with van der Waals surface area (Å²) in [5, 5.41) is 14.5. The van der Waals surface area contributed by atoms with E-state index >= 15 is 0 Å². The Kier molecular flexibility index (Phi) is 6.81. The topological polar surface area (TPSA) is 65.6 Å². The van der Waals surface area contributed by atoms with Crippen molar-refractivity contribution in [2.75, 3.05) is 0 Å². The second-order valence-corrected chi connectivity index (χ2v) is 9.17. The Balaban J connectivity index is 1.68. The predicted molar refractivity (Wildman–Crippen MR) is 122 cm³/mol. The first-order valence-corrected chi connectivity index (χ1v) is 11.3. The van der Waals surface area contributed by atoms with Gasteiger partial charge in [-0.05, 0) is 30.3 Å². The Morgan fingerprint density at radius 3 is 2.42 bits per heavy atom. The molecule has 4 aromatic rings. The SMILES string of the molecule is O=c1n(Cc2nnc(-c3cccc(Cl)c3Cl)s2)nc(-c2ccc(Cl)cc2)n1CCC(F)(F)F. The Morgan fingerprint density at radius 2 is 1.73 bits per heavy atom. The van der Waals surface area contributed by atoms with Crippen molar-refractivity contribution in [3.63, 3.8) is 0 Å². The Labute approximate surface area is 204 Å². The average Bonchev–Trinajstić information content (AvgIpc) is 3.34. The molecule has 0 unspecified atom stereocenters. The maximum Gasteiger partial charge on any atom is 0.390 e. The van der Waals surface area contributed by atoms with Gasteiger partial charge in [0.2, 0.25) is 0 Å². The van der Waals surface area contributed by atoms with Crippen LogP contribution in [0.5, 0.6) is 0 Å². The quantitative estimate of drug-likeness (QED) is 0.296. The monoisotopic (exact) mass is 533 g/mol. The van der Waals surface area contributed by atoms with Crippen molar-refractivity contribution in [2.45, 2.75) is 25.7 Å². The fourth-order valence-corrected chi connectivity index (χ4v) is 4.45. The second-order valence-electron chi connectivity index (χ2n) is 6.89. The number of aromatic nitrogens is 5. The van der Waals surface area contributed by atoms with Crippen molar-refractivity contribution >= 4 is 46.1 Å². The molecule has 0 radical (unpaired) electrons. The number of hydrogen-bond acceptors (Lipinski definition) is 5. The predicted octanol–water partition coefficient (Wildman–Crippen LogP) is 6.19. The van der Waals surface area contributed by atoms with Crippen LogP contribution in [-0.4, -0.2) is 30.7 Å². The van der Waals surface area contributed by atoms with Crippen LogP contribution in [0, 0.1) is 0 Å². The summed E-state index contributed by atoms with van der Waals surface area (Å²) in [6, 6.07) is 11.4. The van der Waals surface area contributed by atoms with Gasteiger partial charge in [0.05, 0.1) is 16.5 Å². The summed E-state index contributed by atoms with van der Waals surface area (Å²) in [5.74, 6) is 0.101. The number of rotatable bonds is 6. The van der Waals surface area contributed by atoms with E-state index in [1.807, 2.05) is 0 Å². The van der Waals surface area contributed by atoms with Crippen LogP contribution in [0.3, 0.4) is 0 Å². The number of halogens is 6. The molecule has 2 aromatic heterocycles. The van der Waals surface area contributed by atoms with Crippen molar-refractivity contribution in [3.05, 3.63) is 73.0 Å². The van der Waals surface area contributed by atoms with Gasteiger partial charge in [-0.25, -0.2) is 9.48 Å². The van der Waals surface area contributed by atoms with E-state index in [4.69, 9.17) is 34.8 Å². The molecule has 2 aromatic carbocycles. The molecule has 0 fully saturated rings. The van der Waals surface area contributed by atoms with E-state index in [0.717, 1.165) is 9.25 Å². The van der Waals surface area contributed by atoms with E-state index < -0.39 is 24.8 Å². The zero-order valence-corrected chi connectivity index (χ0v) is 19.6. The third-order valence-electron chi connectivity index (χ3n) is 4.58. The summed E-state index contributed by atoms with van der Waals surface area (Å²) < 4.78 is 40.6. The van der Waals surface area contributed by atoms with Crippen molar-refractivity contribution < 1.29 is 13.2 Å². The molecular weight excluding hydrogens is 522 g/mol. The van der Waals surface area contributed by atoms with E-state index in [-0.39, 0.29) is 12.4 Å². The molecule has 2 heterocycles. The molecular formula is C20H13Cl3F3N5OS. The lowest BCUT2D eigenvalue weighted by Crippen LogP contribution is -2.27. The lowest BCUT2D eigenvalue weighted by atomic mass is 10.2. The summed E-state index contributed by atoms with van der Waals surface area (Å²) in [6.45, 7) is -0.645. The molecule has 0 bridgehead atoms. The van der Waals surface area contributed by atoms with Crippen LogP contribution < -0.4 is 5.69 Å². The summed E-state index contributed by atoms with van der Waals surface area (Å²) in [7, 11) is 0. The fraction of sp³-hybridized carbons (Fsp3) is 0.200. The molecule has 0 atom stereocenters. The summed E-state index contributed by atoms with van der Waals surface area (Å²) in [4.78, 5) is 12.9. The standard InChI is InChI=1S/C20H13Cl3F3N5OS/c21-12-6-4-11(5-7-12)17-29-31(19(32)30(17)9-8-20(24,25)26)10-15-27-28-18(33-15)13-2-1-3-14(22)16(13)23/h1-7H,8-10H2. The lowest BCUT2D eigenvalue weighted by molar-refractivity contribution is -0.136. The first kappa shape index (κ1) is 23.7. The molecule has 0 saturated carbocycles. The number of benzene rings is 2. The van der Waals surface area contributed by atoms with Gasteiger partial charge < -0.3 is 0 Å². The highest BCUT2D eigenvalue weighted by Gasteiger charge is 2.28. The molecule has 0 aliphatic rings. The van der Waals surface area contributed by atoms with Crippen LogP contribution in [0.4, 0.5) is 13.2 Å². The molecule has 0 aliphatic carbocycles. The maximum absolute atomic E-state index is 12.9. The lowest BCUT2D eigenvalue weighted by Gasteiger charge is -2.08. The average molecular weight is 535 g/mol. The maximum atomic E-state index is 12.9. The van der Waals surface area contributed by atoms with Gasteiger partial charge in [-0.1, -0.05) is 58.3 Å². The van der Waals surface area contributed by atoms with Gasteiger partial charge in [-0.2, -0.15) is 13.2 Å². The van der Waals surface area contributed by atoms with Crippen molar-refractivity contribution in [3.8, 4) is 22.0 Å². The summed E-state index contributed by atoms with van der Waals surface area (Å²) in [5.41, 5.74) is 0.348. The Bertz CT molecular complexity index is 1350. The minimum absolute atomic E-state index is 0.0751. The molecule has 0 amide bonds. The molecule has 33 heavy (non-hydrogen) atoms. The van der Waals surface area contributed by atoms with Crippen molar-refractivity contribution in [1.82, 2.24) is 24.5 Å². The third kappa shape index (κ3) is 5.40. The zero-order valence-electron chi connectivity index (χ0n) is 16.5. The van der Waals surface area contributed by atoms with E-state index in [9.17, 15) is 18.0 Å². The molecule has 4 rings (SSSR count). The highest BCUT2D eigenvalue weighted by molar-refractivity contribution is 7.14.